The Morgan fingerprint density at radius 2 is 2.12 bits per heavy atom. The third-order valence-corrected chi connectivity index (χ3v) is 2.69. The number of carbonyl (C=O) groups excluding carboxylic acids is 1. The van der Waals surface area contributed by atoms with Crippen molar-refractivity contribution in [2.24, 2.45) is 0 Å². The predicted molar refractivity (Wildman–Crippen MR) is 66.2 cm³/mol. The lowest BCUT2D eigenvalue weighted by atomic mass is 10.2. The van der Waals surface area contributed by atoms with Crippen molar-refractivity contribution in [3.8, 4) is 11.3 Å². The summed E-state index contributed by atoms with van der Waals surface area (Å²) >= 11 is 3.41. The van der Waals surface area contributed by atoms with Crippen molar-refractivity contribution in [2.75, 3.05) is 0 Å². The van der Waals surface area contributed by atoms with Crippen LogP contribution in [0.15, 0.2) is 45.3 Å². The molecule has 0 atom stereocenters. The van der Waals surface area contributed by atoms with E-state index in [9.17, 15) is 4.79 Å². The summed E-state index contributed by atoms with van der Waals surface area (Å²) in [6.07, 6.45) is 0.355. The van der Waals surface area contributed by atoms with Crippen molar-refractivity contribution in [1.82, 2.24) is 0 Å². The molecule has 82 valence electrons. The zero-order chi connectivity index (χ0) is 11.5. The van der Waals surface area contributed by atoms with E-state index in [-0.39, 0.29) is 5.78 Å². The summed E-state index contributed by atoms with van der Waals surface area (Å²) in [6.45, 7) is 1.56. The number of hydrogen-bond acceptors (Lipinski definition) is 2. The lowest BCUT2D eigenvalue weighted by Crippen LogP contribution is -1.93. The summed E-state index contributed by atoms with van der Waals surface area (Å²) in [5.74, 6) is 1.61. The van der Waals surface area contributed by atoms with Gasteiger partial charge in [0.15, 0.2) is 0 Å². The second kappa shape index (κ2) is 4.66. The SMILES string of the molecule is CC(=O)Cc1ccc(-c2cccc(Br)c2)o1. The first-order chi connectivity index (χ1) is 7.65. The molecular weight excluding hydrogens is 268 g/mol. The Kier molecular flexibility index (Phi) is 3.25. The minimum atomic E-state index is 0.107. The molecule has 2 nitrogen and oxygen atoms in total. The van der Waals surface area contributed by atoms with E-state index in [1.807, 2.05) is 36.4 Å². The highest BCUT2D eigenvalue weighted by Crippen LogP contribution is 2.25. The van der Waals surface area contributed by atoms with Crippen molar-refractivity contribution in [2.45, 2.75) is 13.3 Å². The predicted octanol–water partition coefficient (Wildman–Crippen LogP) is 3.84. The minimum Gasteiger partial charge on any atom is -0.461 e. The van der Waals surface area contributed by atoms with E-state index in [0.717, 1.165) is 15.8 Å². The fourth-order valence-corrected chi connectivity index (χ4v) is 1.91. The van der Waals surface area contributed by atoms with Gasteiger partial charge in [0.05, 0.1) is 6.42 Å². The molecule has 0 spiro atoms. The monoisotopic (exact) mass is 278 g/mol. The first-order valence-corrected chi connectivity index (χ1v) is 5.78. The van der Waals surface area contributed by atoms with Gasteiger partial charge < -0.3 is 4.42 Å². The molecule has 0 N–H and O–H groups in total. The van der Waals surface area contributed by atoms with E-state index in [4.69, 9.17) is 4.42 Å². The van der Waals surface area contributed by atoms with Crippen LogP contribution in [0.3, 0.4) is 0 Å². The van der Waals surface area contributed by atoms with Crippen molar-refractivity contribution in [1.29, 1.82) is 0 Å². The van der Waals surface area contributed by atoms with Crippen LogP contribution in [0.4, 0.5) is 0 Å². The second-order valence-corrected chi connectivity index (χ2v) is 4.57. The number of rotatable bonds is 3. The van der Waals surface area contributed by atoms with E-state index in [1.54, 1.807) is 6.92 Å². The molecule has 0 aliphatic heterocycles. The number of furan rings is 1. The first kappa shape index (κ1) is 11.1. The van der Waals surface area contributed by atoms with Gasteiger partial charge in [-0.15, -0.1) is 0 Å². The van der Waals surface area contributed by atoms with Gasteiger partial charge in [0.25, 0.3) is 0 Å². The van der Waals surface area contributed by atoms with Crippen molar-refractivity contribution >= 4 is 21.7 Å². The van der Waals surface area contributed by atoms with Crippen LogP contribution in [-0.4, -0.2) is 5.78 Å². The Hall–Kier alpha value is -1.35. The van der Waals surface area contributed by atoms with Crippen LogP contribution in [0.1, 0.15) is 12.7 Å². The van der Waals surface area contributed by atoms with Crippen LogP contribution in [-0.2, 0) is 11.2 Å². The van der Waals surface area contributed by atoms with E-state index in [2.05, 4.69) is 15.9 Å². The van der Waals surface area contributed by atoms with Gasteiger partial charge in [-0.2, -0.15) is 0 Å². The molecule has 0 radical (unpaired) electrons. The van der Waals surface area contributed by atoms with Crippen LogP contribution < -0.4 is 0 Å². The third-order valence-electron chi connectivity index (χ3n) is 2.19. The van der Waals surface area contributed by atoms with Gasteiger partial charge in [-0.3, -0.25) is 4.79 Å². The summed E-state index contributed by atoms with van der Waals surface area (Å²) in [7, 11) is 0. The Labute approximate surface area is 102 Å². The van der Waals surface area contributed by atoms with Crippen LogP contribution in [0, 0.1) is 0 Å². The molecule has 2 rings (SSSR count). The molecule has 0 aliphatic rings. The zero-order valence-corrected chi connectivity index (χ0v) is 10.5. The molecule has 0 fully saturated rings. The van der Waals surface area contributed by atoms with E-state index < -0.39 is 0 Å². The Morgan fingerprint density at radius 1 is 1.31 bits per heavy atom. The second-order valence-electron chi connectivity index (χ2n) is 3.66. The van der Waals surface area contributed by atoms with Crippen LogP contribution in [0.5, 0.6) is 0 Å². The van der Waals surface area contributed by atoms with Gasteiger partial charge in [0.2, 0.25) is 0 Å². The van der Waals surface area contributed by atoms with Crippen LogP contribution in [0.2, 0.25) is 0 Å². The number of carbonyl (C=O) groups is 1. The fraction of sp³-hybridized carbons (Fsp3) is 0.154. The summed E-state index contributed by atoms with van der Waals surface area (Å²) in [4.78, 5) is 10.9. The standard InChI is InChI=1S/C13H11BrO2/c1-9(15)7-12-5-6-13(16-12)10-3-2-4-11(14)8-10/h2-6,8H,7H2,1H3. The number of Topliss-reactive ketones (excluding diaryl/α,β-unsaturated/α-hetero) is 1. The van der Waals surface area contributed by atoms with Gasteiger partial charge in [-0.1, -0.05) is 28.1 Å². The quantitative estimate of drug-likeness (QED) is 0.854. The molecule has 0 bridgehead atoms. The number of benzene rings is 1. The maximum Gasteiger partial charge on any atom is 0.137 e. The van der Waals surface area contributed by atoms with Crippen molar-refractivity contribution < 1.29 is 9.21 Å². The Bertz CT molecular complexity index is 514. The maximum atomic E-state index is 10.9. The number of ketones is 1. The van der Waals surface area contributed by atoms with Crippen LogP contribution >= 0.6 is 15.9 Å². The molecule has 1 aromatic heterocycles. The molecule has 16 heavy (non-hydrogen) atoms. The maximum absolute atomic E-state index is 10.9. The molecule has 0 unspecified atom stereocenters. The molecular formula is C13H11BrO2. The zero-order valence-electron chi connectivity index (χ0n) is 8.87. The highest BCUT2D eigenvalue weighted by atomic mass is 79.9. The normalized spacial score (nSPS) is 10.4. The highest BCUT2D eigenvalue weighted by Gasteiger charge is 2.06. The average molecular weight is 279 g/mol. The first-order valence-electron chi connectivity index (χ1n) is 4.99. The summed E-state index contributed by atoms with van der Waals surface area (Å²) in [5, 5.41) is 0. The third kappa shape index (κ3) is 2.61. The Balaban J connectivity index is 2.28. The van der Waals surface area contributed by atoms with Gasteiger partial charge >= 0.3 is 0 Å². The van der Waals surface area contributed by atoms with Crippen molar-refractivity contribution in [3.05, 3.63) is 46.6 Å². The van der Waals surface area contributed by atoms with Crippen molar-refractivity contribution in [3.63, 3.8) is 0 Å². The van der Waals surface area contributed by atoms with E-state index in [1.165, 1.54) is 0 Å². The molecule has 3 heteroatoms. The molecule has 0 aliphatic carbocycles. The van der Waals surface area contributed by atoms with Gasteiger partial charge in [0, 0.05) is 10.0 Å². The van der Waals surface area contributed by atoms with Gasteiger partial charge in [0.1, 0.15) is 17.3 Å². The minimum absolute atomic E-state index is 0.107. The number of hydrogen-bond donors (Lipinski definition) is 0. The molecule has 1 heterocycles. The average Bonchev–Trinajstić information content (AvgIpc) is 2.65. The van der Waals surface area contributed by atoms with E-state index >= 15 is 0 Å². The summed E-state index contributed by atoms with van der Waals surface area (Å²) < 4.78 is 6.60. The Morgan fingerprint density at radius 3 is 2.81 bits per heavy atom. The lowest BCUT2D eigenvalue weighted by Gasteiger charge is -1.97. The highest BCUT2D eigenvalue weighted by molar-refractivity contribution is 9.10. The molecule has 2 aromatic rings. The topological polar surface area (TPSA) is 30.2 Å². The molecule has 0 amide bonds. The largest absolute Gasteiger partial charge is 0.461 e. The van der Waals surface area contributed by atoms with Gasteiger partial charge in [-0.25, -0.2) is 0 Å². The fourth-order valence-electron chi connectivity index (χ4n) is 1.52. The molecule has 0 saturated carbocycles. The smallest absolute Gasteiger partial charge is 0.137 e. The lowest BCUT2D eigenvalue weighted by molar-refractivity contribution is -0.116. The summed E-state index contributed by atoms with van der Waals surface area (Å²) in [5.41, 5.74) is 1.00. The van der Waals surface area contributed by atoms with Crippen LogP contribution in [0.25, 0.3) is 11.3 Å². The summed E-state index contributed by atoms with van der Waals surface area (Å²) in [6, 6.07) is 11.6. The van der Waals surface area contributed by atoms with Gasteiger partial charge in [-0.05, 0) is 31.2 Å². The number of halogens is 1. The molecule has 1 aromatic carbocycles. The molecule has 0 saturated heterocycles. The van der Waals surface area contributed by atoms with E-state index in [0.29, 0.717) is 12.2 Å².